The van der Waals surface area contributed by atoms with Gasteiger partial charge in [0.25, 0.3) is 11.1 Å². The molecule has 0 aromatic heterocycles. The molecule has 2 aliphatic heterocycles. The van der Waals surface area contributed by atoms with Crippen molar-refractivity contribution in [3.8, 4) is 5.69 Å². The van der Waals surface area contributed by atoms with Crippen LogP contribution in [0, 0.1) is 9.88 Å². The van der Waals surface area contributed by atoms with Crippen molar-refractivity contribution in [2.24, 2.45) is 0 Å². The second kappa shape index (κ2) is 5.32. The van der Waals surface area contributed by atoms with Crippen LogP contribution in [0.15, 0.2) is 58.1 Å². The van der Waals surface area contributed by atoms with Gasteiger partial charge in [-0.25, -0.2) is 4.57 Å². The highest BCUT2D eigenvalue weighted by Gasteiger charge is 2.30. The molecule has 2 aromatic rings. The molecule has 0 spiro atoms. The maximum Gasteiger partial charge on any atom is 0.416 e. The lowest BCUT2D eigenvalue weighted by molar-refractivity contribution is -0.137. The van der Waals surface area contributed by atoms with Crippen molar-refractivity contribution < 1.29 is 13.2 Å². The van der Waals surface area contributed by atoms with Gasteiger partial charge in [0.15, 0.2) is 0 Å². The molecule has 8 heteroatoms. The van der Waals surface area contributed by atoms with Crippen molar-refractivity contribution >= 4 is 21.6 Å². The molecular formula is C17H9F3N2O2S. The molecule has 0 atom stereocenters. The Morgan fingerprint density at radius 1 is 0.960 bits per heavy atom. The summed E-state index contributed by atoms with van der Waals surface area (Å²) in [5.41, 5.74) is -1.64. The third kappa shape index (κ3) is 2.45. The van der Waals surface area contributed by atoms with Gasteiger partial charge in [-0.05, 0) is 30.3 Å². The summed E-state index contributed by atoms with van der Waals surface area (Å²) < 4.78 is 40.4. The number of aromatic nitrogens is 2. The van der Waals surface area contributed by atoms with E-state index >= 15 is 0 Å². The van der Waals surface area contributed by atoms with E-state index in [1.807, 2.05) is 0 Å². The molecular weight excluding hydrogens is 353 g/mol. The number of alkyl halides is 3. The molecule has 25 heavy (non-hydrogen) atoms. The summed E-state index contributed by atoms with van der Waals surface area (Å²) in [6, 6.07) is 11.3. The van der Waals surface area contributed by atoms with E-state index in [4.69, 9.17) is 0 Å². The number of benzene rings is 2. The van der Waals surface area contributed by atoms with E-state index in [1.54, 1.807) is 24.3 Å². The van der Waals surface area contributed by atoms with Gasteiger partial charge in [0.2, 0.25) is 0 Å². The molecule has 4 nitrogen and oxygen atoms in total. The van der Waals surface area contributed by atoms with Crippen LogP contribution >= 0.6 is 11.3 Å². The van der Waals surface area contributed by atoms with Crippen LogP contribution in [0.4, 0.5) is 13.2 Å². The van der Waals surface area contributed by atoms with Crippen LogP contribution in [0.3, 0.4) is 0 Å². The largest absolute Gasteiger partial charge is 0.416 e. The third-order valence-electron chi connectivity index (χ3n) is 3.83. The van der Waals surface area contributed by atoms with Crippen molar-refractivity contribution in [2.45, 2.75) is 6.18 Å². The highest BCUT2D eigenvalue weighted by atomic mass is 32.1. The number of H-pyrrole nitrogens is 1. The van der Waals surface area contributed by atoms with Gasteiger partial charge in [-0.3, -0.25) is 9.59 Å². The van der Waals surface area contributed by atoms with Gasteiger partial charge in [0.1, 0.15) is 9.88 Å². The minimum absolute atomic E-state index is 0.0890. The van der Waals surface area contributed by atoms with Gasteiger partial charge < -0.3 is 4.98 Å². The Morgan fingerprint density at radius 3 is 2.48 bits per heavy atom. The Kier molecular flexibility index (Phi) is 3.33. The summed E-state index contributed by atoms with van der Waals surface area (Å²) >= 11 is 1.13. The molecule has 0 unspecified atom stereocenters. The van der Waals surface area contributed by atoms with E-state index < -0.39 is 22.9 Å². The Bertz CT molecular complexity index is 1210. The molecule has 1 N–H and O–H groups in total. The van der Waals surface area contributed by atoms with E-state index in [0.717, 1.165) is 32.7 Å². The van der Waals surface area contributed by atoms with Crippen LogP contribution in [-0.4, -0.2) is 9.55 Å². The minimum Gasteiger partial charge on any atom is -0.349 e. The fourth-order valence-electron chi connectivity index (χ4n) is 2.67. The maximum absolute atomic E-state index is 12.9. The van der Waals surface area contributed by atoms with E-state index in [0.29, 0.717) is 5.52 Å². The molecule has 0 amide bonds. The molecule has 4 rings (SSSR count). The van der Waals surface area contributed by atoms with Crippen LogP contribution in [-0.2, 0) is 6.18 Å². The van der Waals surface area contributed by atoms with Gasteiger partial charge >= 0.3 is 6.18 Å². The number of hydrogen-bond donors (Lipinski definition) is 1. The number of nitrogens with zero attached hydrogens (tertiary/aromatic N) is 1. The molecule has 2 aromatic carbocycles. The van der Waals surface area contributed by atoms with Gasteiger partial charge in [0, 0.05) is 0 Å². The van der Waals surface area contributed by atoms with Crippen molar-refractivity contribution in [3.63, 3.8) is 0 Å². The number of halogens is 3. The predicted molar refractivity (Wildman–Crippen MR) is 88.3 cm³/mol. The summed E-state index contributed by atoms with van der Waals surface area (Å²) in [7, 11) is 0. The van der Waals surface area contributed by atoms with Crippen molar-refractivity contribution in [3.05, 3.63) is 84.7 Å². The second-order valence-electron chi connectivity index (χ2n) is 5.42. The molecule has 2 aliphatic rings. The third-order valence-corrected chi connectivity index (χ3v) is 4.99. The highest BCUT2D eigenvalue weighted by Crippen LogP contribution is 2.30. The summed E-state index contributed by atoms with van der Waals surface area (Å²) in [5.74, 6) is 0. The van der Waals surface area contributed by atoms with Crippen molar-refractivity contribution in [1.82, 2.24) is 9.55 Å². The van der Waals surface area contributed by atoms with Gasteiger partial charge in [-0.15, -0.1) is 11.3 Å². The fourth-order valence-corrected chi connectivity index (χ4v) is 3.69. The molecule has 0 saturated carbocycles. The number of fused-ring (bicyclic) bond motifs is 1. The van der Waals surface area contributed by atoms with E-state index in [1.165, 1.54) is 12.1 Å². The van der Waals surface area contributed by atoms with Crippen molar-refractivity contribution in [1.29, 1.82) is 0 Å². The fraction of sp³-hybridized carbons (Fsp3) is 0.0588. The lowest BCUT2D eigenvalue weighted by atomic mass is 10.2. The zero-order chi connectivity index (χ0) is 17.8. The zero-order valence-electron chi connectivity index (χ0n) is 12.4. The van der Waals surface area contributed by atoms with Crippen LogP contribution in [0.1, 0.15) is 5.56 Å². The van der Waals surface area contributed by atoms with Gasteiger partial charge in [-0.2, -0.15) is 13.2 Å². The van der Waals surface area contributed by atoms with Crippen LogP contribution in [0.5, 0.6) is 0 Å². The normalized spacial score (nSPS) is 12.1. The number of nitrogens with one attached hydrogen (secondary N) is 1. The Balaban J connectivity index is 2.06. The number of hydrogen-bond acceptors (Lipinski definition) is 3. The molecule has 0 saturated heterocycles. The SMILES string of the molecule is O=c1c2[nH]c3ccccc3sc=2c(=O)n1-c1cccc(C(F)(F)F)c1. The molecule has 2 heterocycles. The van der Waals surface area contributed by atoms with E-state index in [9.17, 15) is 22.8 Å². The smallest absolute Gasteiger partial charge is 0.349 e. The number of rotatable bonds is 1. The lowest BCUT2D eigenvalue weighted by Crippen LogP contribution is -2.25. The second-order valence-corrected chi connectivity index (χ2v) is 6.47. The first-order valence-corrected chi connectivity index (χ1v) is 8.02. The van der Waals surface area contributed by atoms with Crippen LogP contribution in [0.2, 0.25) is 0 Å². The summed E-state index contributed by atoms with van der Waals surface area (Å²) in [6.45, 7) is 0. The lowest BCUT2D eigenvalue weighted by Gasteiger charge is -2.08. The highest BCUT2D eigenvalue weighted by molar-refractivity contribution is 7.16. The van der Waals surface area contributed by atoms with Crippen molar-refractivity contribution in [2.75, 3.05) is 0 Å². The molecule has 0 aliphatic carbocycles. The van der Waals surface area contributed by atoms with Gasteiger partial charge in [0.05, 0.1) is 21.5 Å². The maximum atomic E-state index is 12.9. The molecule has 0 radical (unpaired) electrons. The molecule has 0 bridgehead atoms. The van der Waals surface area contributed by atoms with E-state index in [-0.39, 0.29) is 15.6 Å². The Labute approximate surface area is 141 Å². The predicted octanol–water partition coefficient (Wildman–Crippen LogP) is 3.48. The number of aromatic amines is 1. The Hall–Kier alpha value is -2.87. The first-order valence-electron chi connectivity index (χ1n) is 7.20. The van der Waals surface area contributed by atoms with Crippen LogP contribution < -0.4 is 11.1 Å². The first-order chi connectivity index (χ1) is 11.9. The van der Waals surface area contributed by atoms with E-state index in [2.05, 4.69) is 4.98 Å². The molecule has 126 valence electrons. The monoisotopic (exact) mass is 362 g/mol. The summed E-state index contributed by atoms with van der Waals surface area (Å²) in [6.07, 6.45) is -4.56. The molecule has 0 fully saturated rings. The standard InChI is InChI=1S/C17H9F3N2O2S/c18-17(19,20)9-4-3-5-10(8-9)22-15(23)13-14(16(22)24)25-12-7-2-1-6-11(12)21-13/h1-8,21H. The first kappa shape index (κ1) is 15.6. The minimum atomic E-state index is -4.56. The average molecular weight is 362 g/mol. The topological polar surface area (TPSA) is 54.9 Å². The van der Waals surface area contributed by atoms with Crippen LogP contribution in [0.25, 0.3) is 15.9 Å². The zero-order valence-corrected chi connectivity index (χ0v) is 13.2. The quantitative estimate of drug-likeness (QED) is 0.564. The summed E-state index contributed by atoms with van der Waals surface area (Å²) in [4.78, 5) is 28.1. The number of para-hydroxylation sites is 1. The van der Waals surface area contributed by atoms with Gasteiger partial charge in [-0.1, -0.05) is 18.2 Å². The summed E-state index contributed by atoms with van der Waals surface area (Å²) in [5, 5.41) is 0.0890. The Morgan fingerprint density at radius 2 is 1.72 bits per heavy atom. The average Bonchev–Trinajstić information content (AvgIpc) is 2.83.